The molecule has 0 saturated heterocycles. The van der Waals surface area contributed by atoms with E-state index in [0.29, 0.717) is 0 Å². The summed E-state index contributed by atoms with van der Waals surface area (Å²) in [5.74, 6) is 0. The third kappa shape index (κ3) is 5.21. The van der Waals surface area contributed by atoms with Gasteiger partial charge in [-0.25, -0.2) is 0 Å². The average molecular weight is 876 g/mol. The van der Waals surface area contributed by atoms with Gasteiger partial charge in [0.2, 0.25) is 0 Å². The van der Waals surface area contributed by atoms with Crippen LogP contribution in [-0.4, -0.2) is 11.4 Å². The molecule has 2 aliphatic carbocycles. The lowest BCUT2D eigenvalue weighted by atomic mass is 9.43. The molecule has 68 heavy (non-hydrogen) atoms. The van der Waals surface area contributed by atoms with Gasteiger partial charge in [-0.3, -0.25) is 0 Å². The second-order valence-corrected chi connectivity index (χ2v) is 22.0. The van der Waals surface area contributed by atoms with E-state index in [9.17, 15) is 0 Å². The maximum Gasteiger partial charge on any atom is 0.333 e. The van der Waals surface area contributed by atoms with E-state index in [4.69, 9.17) is 0 Å². The van der Waals surface area contributed by atoms with Crippen molar-refractivity contribution in [1.82, 2.24) is 4.57 Å². The van der Waals surface area contributed by atoms with Crippen LogP contribution in [0.3, 0.4) is 0 Å². The molecule has 3 nitrogen and oxygen atoms in total. The molecule has 0 radical (unpaired) electrons. The van der Waals surface area contributed by atoms with Gasteiger partial charge in [0.05, 0.1) is 11.0 Å². The molecule has 0 amide bonds. The van der Waals surface area contributed by atoms with Crippen molar-refractivity contribution < 1.29 is 0 Å². The molecule has 14 rings (SSSR count). The molecule has 0 fully saturated rings. The molecule has 0 saturated carbocycles. The number of fused-ring (bicyclic) bond motifs is 14. The number of aromatic nitrogens is 1. The molecule has 0 N–H and O–H groups in total. The molecule has 2 aliphatic heterocycles. The first kappa shape index (κ1) is 39.8. The Labute approximate surface area is 400 Å². The first-order chi connectivity index (χ1) is 32.9. The number of nitrogens with zero attached hydrogens (tertiary/aromatic N) is 3. The highest BCUT2D eigenvalue weighted by Gasteiger charge is 2.49. The zero-order chi connectivity index (χ0) is 46.0. The summed E-state index contributed by atoms with van der Waals surface area (Å²) in [6, 6.07) is 67.1. The smallest absolute Gasteiger partial charge is 0.333 e. The van der Waals surface area contributed by atoms with E-state index in [-0.39, 0.29) is 23.1 Å². The number of hydrogen-bond acceptors (Lipinski definition) is 2. The maximum absolute atomic E-state index is 2.80. The molecule has 9 aromatic carbocycles. The third-order valence-electron chi connectivity index (χ3n) is 16.9. The zero-order valence-corrected chi connectivity index (χ0v) is 40.1. The maximum atomic E-state index is 2.80. The summed E-state index contributed by atoms with van der Waals surface area (Å²) >= 11 is 0. The Hall–Kier alpha value is -7.30. The minimum absolute atomic E-state index is 0.0455. The first-order valence-corrected chi connectivity index (χ1v) is 24.7. The van der Waals surface area contributed by atoms with E-state index in [2.05, 4.69) is 239 Å². The van der Waals surface area contributed by atoms with E-state index >= 15 is 0 Å². The fourth-order valence-corrected chi connectivity index (χ4v) is 13.5. The quantitative estimate of drug-likeness (QED) is 0.163. The summed E-state index contributed by atoms with van der Waals surface area (Å²) < 4.78 is 2.65. The van der Waals surface area contributed by atoms with Crippen molar-refractivity contribution in [1.29, 1.82) is 0 Å². The van der Waals surface area contributed by atoms with Gasteiger partial charge < -0.3 is 14.3 Å². The van der Waals surface area contributed by atoms with Crippen LogP contribution in [0, 0.1) is 6.92 Å². The fraction of sp³-hybridized carbons (Fsp3) is 0.188. The summed E-state index contributed by atoms with van der Waals surface area (Å²) in [7, 11) is 0. The molecule has 0 unspecified atom stereocenters. The molecule has 4 aliphatic rings. The highest BCUT2D eigenvalue weighted by Crippen LogP contribution is 2.58. The van der Waals surface area contributed by atoms with E-state index in [1.54, 1.807) is 0 Å². The van der Waals surface area contributed by atoms with E-state index in [1.807, 2.05) is 0 Å². The Morgan fingerprint density at radius 2 is 1.16 bits per heavy atom. The summed E-state index contributed by atoms with van der Waals surface area (Å²) in [6.45, 7) is 17.1. The number of hydrogen-bond donors (Lipinski definition) is 0. The minimum atomic E-state index is -0.257. The lowest BCUT2D eigenvalue weighted by Crippen LogP contribution is -2.61. The van der Waals surface area contributed by atoms with Crippen molar-refractivity contribution in [3.8, 4) is 27.9 Å². The van der Waals surface area contributed by atoms with Gasteiger partial charge in [-0.1, -0.05) is 163 Å². The van der Waals surface area contributed by atoms with Crippen LogP contribution in [0.15, 0.2) is 176 Å². The number of aryl methyl sites for hydroxylation is 1. The van der Waals surface area contributed by atoms with Crippen LogP contribution in [-0.2, 0) is 16.2 Å². The van der Waals surface area contributed by atoms with Crippen molar-refractivity contribution in [2.24, 2.45) is 0 Å². The van der Waals surface area contributed by atoms with Crippen LogP contribution >= 0.6 is 0 Å². The third-order valence-corrected chi connectivity index (χ3v) is 16.9. The number of anilines is 5. The van der Waals surface area contributed by atoms with Crippen molar-refractivity contribution >= 4 is 78.8 Å². The molecule has 328 valence electrons. The topological polar surface area (TPSA) is 11.4 Å². The SMILES string of the molecule is Cc1cc2c(cc1N1B3c4c(cc(N(c5ccccc5)c5ccccc5)cc4-n4c5ccc6ccccc6c5c5cccc3c54)-c3c1ccc1c3C(C)(C)c3ccccc3-1)C(C)(C)CCC2(C)C. The summed E-state index contributed by atoms with van der Waals surface area (Å²) in [6.07, 6.45) is 2.35. The van der Waals surface area contributed by atoms with Crippen LogP contribution in [0.4, 0.5) is 28.4 Å². The Bertz CT molecular complexity index is 3760. The highest BCUT2D eigenvalue weighted by atomic mass is 15.2. The molecular weight excluding hydrogens is 822 g/mol. The van der Waals surface area contributed by atoms with E-state index in [0.717, 1.165) is 23.5 Å². The molecule has 0 bridgehead atoms. The summed E-state index contributed by atoms with van der Waals surface area (Å²) in [5.41, 5.74) is 24.8. The van der Waals surface area contributed by atoms with Crippen LogP contribution in [0.5, 0.6) is 0 Å². The van der Waals surface area contributed by atoms with Gasteiger partial charge in [-0.05, 0) is 151 Å². The molecular formula is C64H54BN3. The molecule has 3 heterocycles. The van der Waals surface area contributed by atoms with Gasteiger partial charge >= 0.3 is 6.85 Å². The predicted molar refractivity (Wildman–Crippen MR) is 290 cm³/mol. The molecule has 10 aromatic rings. The first-order valence-electron chi connectivity index (χ1n) is 24.7. The Morgan fingerprint density at radius 1 is 0.500 bits per heavy atom. The van der Waals surface area contributed by atoms with Crippen molar-refractivity contribution in [2.45, 2.75) is 77.6 Å². The number of benzene rings is 9. The monoisotopic (exact) mass is 875 g/mol. The highest BCUT2D eigenvalue weighted by molar-refractivity contribution is 6.93. The summed E-state index contributed by atoms with van der Waals surface area (Å²) in [4.78, 5) is 5.27. The van der Waals surface area contributed by atoms with Gasteiger partial charge in [0.25, 0.3) is 0 Å². The largest absolute Gasteiger partial charge is 0.376 e. The fourth-order valence-electron chi connectivity index (χ4n) is 13.5. The van der Waals surface area contributed by atoms with Crippen LogP contribution < -0.4 is 20.6 Å². The van der Waals surface area contributed by atoms with Gasteiger partial charge in [-0.15, -0.1) is 0 Å². The van der Waals surface area contributed by atoms with Gasteiger partial charge in [0.1, 0.15) is 0 Å². The van der Waals surface area contributed by atoms with Crippen molar-refractivity contribution in [3.63, 3.8) is 0 Å². The Balaban J connectivity index is 1.18. The molecule has 4 heteroatoms. The number of para-hydroxylation sites is 3. The number of rotatable bonds is 4. The van der Waals surface area contributed by atoms with Gasteiger partial charge in [0, 0.05) is 55.9 Å². The van der Waals surface area contributed by atoms with Gasteiger partial charge in [-0.2, -0.15) is 0 Å². The zero-order valence-electron chi connectivity index (χ0n) is 40.1. The Kier molecular flexibility index (Phi) is 8.01. The van der Waals surface area contributed by atoms with Crippen LogP contribution in [0.2, 0.25) is 0 Å². The normalized spacial score (nSPS) is 16.3. The minimum Gasteiger partial charge on any atom is -0.376 e. The van der Waals surface area contributed by atoms with Crippen molar-refractivity contribution in [3.05, 3.63) is 204 Å². The van der Waals surface area contributed by atoms with Crippen LogP contribution in [0.1, 0.15) is 82.2 Å². The Morgan fingerprint density at radius 3 is 1.91 bits per heavy atom. The lowest BCUT2D eigenvalue weighted by Gasteiger charge is -2.46. The second-order valence-electron chi connectivity index (χ2n) is 22.0. The average Bonchev–Trinajstić information content (AvgIpc) is 3.82. The molecule has 0 atom stereocenters. The van der Waals surface area contributed by atoms with Crippen LogP contribution in [0.25, 0.3) is 60.5 Å². The lowest BCUT2D eigenvalue weighted by molar-refractivity contribution is 0.332. The predicted octanol–water partition coefficient (Wildman–Crippen LogP) is 15.6. The van der Waals surface area contributed by atoms with E-state index in [1.165, 1.54) is 117 Å². The van der Waals surface area contributed by atoms with E-state index < -0.39 is 0 Å². The molecule has 1 aromatic heterocycles. The summed E-state index contributed by atoms with van der Waals surface area (Å²) in [5, 5.41) is 5.17. The van der Waals surface area contributed by atoms with Crippen molar-refractivity contribution in [2.75, 3.05) is 9.71 Å². The second kappa shape index (κ2) is 13.7. The molecule has 0 spiro atoms. The standard InChI is InChI=1S/C64H54BN3/c1-39-35-50-51(63(4,5)34-33-62(50,2)3)38-55(39)68-54-32-30-46-45-25-16-17-27-49(45)64(6,7)59(46)58(54)48-36-43(66(41-20-10-8-11-21-41)42-22-12-9-13-23-42)37-56-60(48)65(68)52-28-18-26-47-57-44-24-15-14-19-40(44)29-31-53(57)67(56)61(47)52/h8-32,35-38H,33-34H2,1-7H3. The van der Waals surface area contributed by atoms with Gasteiger partial charge in [0.15, 0.2) is 0 Å².